The van der Waals surface area contributed by atoms with Gasteiger partial charge >= 0.3 is 0 Å². The molecule has 6 heteroatoms. The van der Waals surface area contributed by atoms with E-state index < -0.39 is 10.0 Å². The Hall–Kier alpha value is -2.18. The summed E-state index contributed by atoms with van der Waals surface area (Å²) in [4.78, 5) is 12.8. The molecule has 0 aliphatic rings. The third-order valence-electron chi connectivity index (χ3n) is 4.71. The van der Waals surface area contributed by atoms with Gasteiger partial charge in [0.25, 0.3) is 5.91 Å². The largest absolute Gasteiger partial charge is 0.346 e. The van der Waals surface area contributed by atoms with Gasteiger partial charge in [-0.3, -0.25) is 4.79 Å². The van der Waals surface area contributed by atoms with Crippen molar-refractivity contribution in [1.82, 2.24) is 9.62 Å². The molecule has 1 atom stereocenters. The minimum absolute atomic E-state index is 0.142. The van der Waals surface area contributed by atoms with Crippen LogP contribution < -0.4 is 5.32 Å². The lowest BCUT2D eigenvalue weighted by atomic mass is 10.00. The summed E-state index contributed by atoms with van der Waals surface area (Å²) in [6, 6.07) is 12.1. The maximum absolute atomic E-state index is 12.6. The zero-order valence-corrected chi connectivity index (χ0v) is 17.4. The molecular weight excluding hydrogens is 360 g/mol. The monoisotopic (exact) mass is 388 g/mol. The van der Waals surface area contributed by atoms with E-state index in [1.807, 2.05) is 32.9 Å². The Morgan fingerprint density at radius 1 is 1.04 bits per heavy atom. The van der Waals surface area contributed by atoms with Crippen molar-refractivity contribution in [3.8, 4) is 0 Å². The van der Waals surface area contributed by atoms with Crippen LogP contribution >= 0.6 is 0 Å². The van der Waals surface area contributed by atoms with Crippen LogP contribution in [0.2, 0.25) is 0 Å². The summed E-state index contributed by atoms with van der Waals surface area (Å²) in [5.74, 6) is -0.227. The Morgan fingerprint density at radius 2 is 1.63 bits per heavy atom. The first-order valence-corrected chi connectivity index (χ1v) is 10.6. The Morgan fingerprint density at radius 3 is 2.19 bits per heavy atom. The molecule has 2 aromatic carbocycles. The number of rotatable bonds is 7. The van der Waals surface area contributed by atoms with Crippen LogP contribution in [0.3, 0.4) is 0 Å². The van der Waals surface area contributed by atoms with Gasteiger partial charge in [0.05, 0.1) is 10.9 Å². The highest BCUT2D eigenvalue weighted by Gasteiger charge is 2.22. The number of benzene rings is 2. The number of hydrogen-bond acceptors (Lipinski definition) is 3. The number of nitrogens with zero attached hydrogens (tertiary/aromatic N) is 1. The van der Waals surface area contributed by atoms with Crippen molar-refractivity contribution in [2.45, 2.75) is 45.6 Å². The summed E-state index contributed by atoms with van der Waals surface area (Å²) < 4.78 is 26.5. The minimum atomic E-state index is -3.52. The van der Waals surface area contributed by atoms with Crippen LogP contribution in [-0.2, 0) is 10.0 Å². The van der Waals surface area contributed by atoms with Gasteiger partial charge in [-0.1, -0.05) is 37.6 Å². The first-order chi connectivity index (χ1) is 12.7. The summed E-state index contributed by atoms with van der Waals surface area (Å²) >= 11 is 0. The number of carbonyl (C=O) groups is 1. The van der Waals surface area contributed by atoms with Crippen molar-refractivity contribution in [3.05, 3.63) is 64.7 Å². The Balaban J connectivity index is 2.17. The molecule has 146 valence electrons. The molecule has 1 unspecified atom stereocenters. The van der Waals surface area contributed by atoms with Gasteiger partial charge < -0.3 is 5.32 Å². The predicted octanol–water partition coefficient (Wildman–Crippen LogP) is 3.82. The van der Waals surface area contributed by atoms with Crippen LogP contribution in [-0.4, -0.2) is 31.7 Å². The molecule has 2 rings (SSSR count). The third-order valence-corrected chi connectivity index (χ3v) is 6.77. The van der Waals surface area contributed by atoms with Crippen molar-refractivity contribution in [3.63, 3.8) is 0 Å². The summed E-state index contributed by atoms with van der Waals surface area (Å²) in [5.41, 5.74) is 3.77. The van der Waals surface area contributed by atoms with Crippen molar-refractivity contribution >= 4 is 15.9 Å². The first kappa shape index (κ1) is 21.1. The molecule has 0 radical (unpaired) electrons. The molecule has 0 saturated heterocycles. The molecule has 0 aliphatic carbocycles. The van der Waals surface area contributed by atoms with Gasteiger partial charge in [0.1, 0.15) is 0 Å². The van der Waals surface area contributed by atoms with Crippen LogP contribution in [0.15, 0.2) is 47.4 Å². The van der Waals surface area contributed by atoms with Crippen molar-refractivity contribution in [2.75, 3.05) is 13.1 Å². The van der Waals surface area contributed by atoms with Crippen molar-refractivity contribution < 1.29 is 13.2 Å². The molecule has 0 saturated carbocycles. The number of aryl methyl sites for hydroxylation is 2. The van der Waals surface area contributed by atoms with E-state index >= 15 is 0 Å². The molecule has 0 fully saturated rings. The third kappa shape index (κ3) is 4.76. The smallest absolute Gasteiger partial charge is 0.251 e. The van der Waals surface area contributed by atoms with E-state index in [0.717, 1.165) is 16.7 Å². The number of sulfonamides is 1. The van der Waals surface area contributed by atoms with Crippen LogP contribution in [0.1, 0.15) is 53.9 Å². The highest BCUT2D eigenvalue weighted by Crippen LogP contribution is 2.20. The van der Waals surface area contributed by atoms with Gasteiger partial charge in [0.15, 0.2) is 0 Å². The van der Waals surface area contributed by atoms with Gasteiger partial charge in [-0.2, -0.15) is 4.31 Å². The molecular formula is C21H28N2O3S. The van der Waals surface area contributed by atoms with E-state index in [0.29, 0.717) is 18.7 Å². The summed E-state index contributed by atoms with van der Waals surface area (Å²) in [5, 5.41) is 2.99. The van der Waals surface area contributed by atoms with Gasteiger partial charge in [-0.25, -0.2) is 8.42 Å². The zero-order chi connectivity index (χ0) is 20.2. The normalized spacial score (nSPS) is 12.8. The number of nitrogens with one attached hydrogen (secondary N) is 1. The second-order valence-electron chi connectivity index (χ2n) is 6.67. The zero-order valence-electron chi connectivity index (χ0n) is 16.6. The lowest BCUT2D eigenvalue weighted by Gasteiger charge is -2.19. The molecule has 1 amide bonds. The van der Waals surface area contributed by atoms with Crippen LogP contribution in [0.4, 0.5) is 0 Å². The Kier molecular flexibility index (Phi) is 6.78. The fraction of sp³-hybridized carbons (Fsp3) is 0.381. The van der Waals surface area contributed by atoms with Crippen molar-refractivity contribution in [2.24, 2.45) is 0 Å². The molecule has 0 aliphatic heterocycles. The summed E-state index contributed by atoms with van der Waals surface area (Å²) in [6.45, 7) is 10.4. The molecule has 5 nitrogen and oxygen atoms in total. The van der Waals surface area contributed by atoms with Gasteiger partial charge in [0, 0.05) is 18.7 Å². The molecule has 0 spiro atoms. The van der Waals surface area contributed by atoms with Crippen LogP contribution in [0.5, 0.6) is 0 Å². The van der Waals surface area contributed by atoms with Crippen LogP contribution in [0.25, 0.3) is 0 Å². The van der Waals surface area contributed by atoms with E-state index in [1.54, 1.807) is 26.0 Å². The average Bonchev–Trinajstić information content (AvgIpc) is 2.64. The topological polar surface area (TPSA) is 66.5 Å². The van der Waals surface area contributed by atoms with E-state index in [2.05, 4.69) is 11.4 Å². The Bertz CT molecular complexity index is 902. The average molecular weight is 389 g/mol. The highest BCUT2D eigenvalue weighted by atomic mass is 32.2. The summed E-state index contributed by atoms with van der Waals surface area (Å²) in [6.07, 6.45) is 0. The summed E-state index contributed by atoms with van der Waals surface area (Å²) in [7, 11) is -3.52. The lowest BCUT2D eigenvalue weighted by molar-refractivity contribution is 0.0939. The maximum atomic E-state index is 12.6. The lowest BCUT2D eigenvalue weighted by Crippen LogP contribution is -2.30. The van der Waals surface area contributed by atoms with Crippen molar-refractivity contribution in [1.29, 1.82) is 0 Å². The van der Waals surface area contributed by atoms with Gasteiger partial charge in [0.2, 0.25) is 10.0 Å². The fourth-order valence-electron chi connectivity index (χ4n) is 3.08. The Labute approximate surface area is 162 Å². The SMILES string of the molecule is CCN(CC)S(=O)(=O)c1ccc(C(=O)NC(C)c2cc(C)ccc2C)cc1. The maximum Gasteiger partial charge on any atom is 0.251 e. The molecule has 27 heavy (non-hydrogen) atoms. The number of amides is 1. The van der Waals surface area contributed by atoms with Crippen LogP contribution in [0, 0.1) is 13.8 Å². The number of carbonyl (C=O) groups excluding carboxylic acids is 1. The van der Waals surface area contributed by atoms with Gasteiger partial charge in [-0.15, -0.1) is 0 Å². The molecule has 0 heterocycles. The number of hydrogen-bond donors (Lipinski definition) is 1. The predicted molar refractivity (Wildman–Crippen MR) is 108 cm³/mol. The second-order valence-corrected chi connectivity index (χ2v) is 8.61. The molecule has 2 aromatic rings. The minimum Gasteiger partial charge on any atom is -0.346 e. The van der Waals surface area contributed by atoms with Gasteiger partial charge in [-0.05, 0) is 56.2 Å². The molecule has 0 aromatic heterocycles. The highest BCUT2D eigenvalue weighted by molar-refractivity contribution is 7.89. The van der Waals surface area contributed by atoms with E-state index in [-0.39, 0.29) is 16.8 Å². The fourth-order valence-corrected chi connectivity index (χ4v) is 4.53. The van der Waals surface area contributed by atoms with E-state index in [1.165, 1.54) is 16.4 Å². The van der Waals surface area contributed by atoms with E-state index in [9.17, 15) is 13.2 Å². The molecule has 1 N–H and O–H groups in total. The standard InChI is InChI=1S/C21H28N2O3S/c1-6-23(7-2)27(25,26)19-12-10-18(11-13-19)21(24)22-17(5)20-14-15(3)8-9-16(20)4/h8-14,17H,6-7H2,1-5H3,(H,22,24). The van der Waals surface area contributed by atoms with E-state index in [4.69, 9.17) is 0 Å². The second kappa shape index (κ2) is 8.67. The quantitative estimate of drug-likeness (QED) is 0.784. The first-order valence-electron chi connectivity index (χ1n) is 9.18. The molecule has 0 bridgehead atoms.